The minimum absolute atomic E-state index is 0.0310. The van der Waals surface area contributed by atoms with Crippen LogP contribution in [0, 0.1) is 0 Å². The zero-order chi connectivity index (χ0) is 19.9. The highest BCUT2D eigenvalue weighted by molar-refractivity contribution is 9.10. The third-order valence-corrected chi connectivity index (χ3v) is 5.89. The molecule has 9 heteroatoms. The van der Waals surface area contributed by atoms with Crippen LogP contribution in [0.25, 0.3) is 0 Å². The maximum absolute atomic E-state index is 12.2. The average molecular weight is 449 g/mol. The lowest BCUT2D eigenvalue weighted by Crippen LogP contribution is -2.36. The SMILES string of the molecule is CCC(CC)NC(=O)COC(=O)c1cc(S(=O)(=O)NC(C)C)ccc1Br. The van der Waals surface area contributed by atoms with Crippen LogP contribution in [-0.4, -0.2) is 39.0 Å². The summed E-state index contributed by atoms with van der Waals surface area (Å²) in [4.78, 5) is 24.0. The molecular weight excluding hydrogens is 424 g/mol. The van der Waals surface area contributed by atoms with Crippen LogP contribution in [-0.2, 0) is 19.6 Å². The number of hydrogen-bond acceptors (Lipinski definition) is 5. The number of hydrogen-bond donors (Lipinski definition) is 2. The molecule has 0 fully saturated rings. The molecule has 0 aliphatic rings. The van der Waals surface area contributed by atoms with Crippen LogP contribution in [0.1, 0.15) is 50.9 Å². The van der Waals surface area contributed by atoms with Gasteiger partial charge in [0.25, 0.3) is 5.91 Å². The number of carbonyl (C=O) groups excluding carboxylic acids is 2. The molecule has 1 aromatic rings. The van der Waals surface area contributed by atoms with E-state index >= 15 is 0 Å². The van der Waals surface area contributed by atoms with Crippen molar-refractivity contribution in [3.05, 3.63) is 28.2 Å². The number of carbonyl (C=O) groups is 2. The molecule has 2 N–H and O–H groups in total. The monoisotopic (exact) mass is 448 g/mol. The van der Waals surface area contributed by atoms with Gasteiger partial charge in [0, 0.05) is 16.6 Å². The second kappa shape index (κ2) is 10.0. The molecule has 26 heavy (non-hydrogen) atoms. The van der Waals surface area contributed by atoms with E-state index in [2.05, 4.69) is 26.0 Å². The molecule has 0 unspecified atom stereocenters. The molecule has 0 saturated carbocycles. The van der Waals surface area contributed by atoms with E-state index in [-0.39, 0.29) is 22.5 Å². The Morgan fingerprint density at radius 1 is 1.19 bits per heavy atom. The Kier molecular flexibility index (Phi) is 8.72. The number of amides is 1. The summed E-state index contributed by atoms with van der Waals surface area (Å²) in [6, 6.07) is 3.80. The van der Waals surface area contributed by atoms with Crippen molar-refractivity contribution in [2.45, 2.75) is 57.5 Å². The van der Waals surface area contributed by atoms with Crippen molar-refractivity contribution < 1.29 is 22.7 Å². The predicted molar refractivity (Wildman–Crippen MR) is 102 cm³/mol. The van der Waals surface area contributed by atoms with Gasteiger partial charge in [-0.3, -0.25) is 4.79 Å². The van der Waals surface area contributed by atoms with E-state index in [9.17, 15) is 18.0 Å². The van der Waals surface area contributed by atoms with Gasteiger partial charge in [-0.2, -0.15) is 0 Å². The lowest BCUT2D eigenvalue weighted by Gasteiger charge is -2.15. The minimum atomic E-state index is -3.74. The van der Waals surface area contributed by atoms with E-state index < -0.39 is 28.5 Å². The summed E-state index contributed by atoms with van der Waals surface area (Å²) in [6.07, 6.45) is 1.56. The molecule has 7 nitrogen and oxygen atoms in total. The van der Waals surface area contributed by atoms with Gasteiger partial charge < -0.3 is 10.1 Å². The highest BCUT2D eigenvalue weighted by Crippen LogP contribution is 2.22. The smallest absolute Gasteiger partial charge is 0.339 e. The van der Waals surface area contributed by atoms with E-state index in [0.29, 0.717) is 4.47 Å². The van der Waals surface area contributed by atoms with Gasteiger partial charge in [0.1, 0.15) is 0 Å². The Morgan fingerprint density at radius 3 is 2.35 bits per heavy atom. The van der Waals surface area contributed by atoms with Gasteiger partial charge in [0.15, 0.2) is 6.61 Å². The summed E-state index contributed by atoms with van der Waals surface area (Å²) in [5.74, 6) is -1.17. The normalized spacial score (nSPS) is 11.7. The second-order valence-corrected chi connectivity index (χ2v) is 8.64. The van der Waals surface area contributed by atoms with E-state index in [4.69, 9.17) is 4.74 Å². The lowest BCUT2D eigenvalue weighted by atomic mass is 10.2. The first-order chi connectivity index (χ1) is 12.1. The topological polar surface area (TPSA) is 102 Å². The Hall–Kier alpha value is -1.45. The molecule has 0 heterocycles. The summed E-state index contributed by atoms with van der Waals surface area (Å²) >= 11 is 3.20. The standard InChI is InChI=1S/C17H25BrN2O5S/c1-5-12(6-2)19-16(21)10-25-17(22)14-9-13(7-8-15(14)18)26(23,24)20-11(3)4/h7-9,11-12,20H,5-6,10H2,1-4H3,(H,19,21). The average Bonchev–Trinajstić information content (AvgIpc) is 2.56. The van der Waals surface area contributed by atoms with Crippen molar-refractivity contribution in [3.8, 4) is 0 Å². The Morgan fingerprint density at radius 2 is 1.81 bits per heavy atom. The van der Waals surface area contributed by atoms with Gasteiger partial charge in [-0.15, -0.1) is 0 Å². The van der Waals surface area contributed by atoms with Gasteiger partial charge >= 0.3 is 5.97 Å². The molecule has 0 aliphatic heterocycles. The van der Waals surface area contributed by atoms with Gasteiger partial charge in [-0.05, 0) is 60.8 Å². The molecule has 0 saturated heterocycles. The zero-order valence-corrected chi connectivity index (χ0v) is 17.7. The van der Waals surface area contributed by atoms with Crippen molar-refractivity contribution in [2.75, 3.05) is 6.61 Å². The largest absolute Gasteiger partial charge is 0.452 e. The fourth-order valence-electron chi connectivity index (χ4n) is 2.18. The first kappa shape index (κ1) is 22.6. The Balaban J connectivity index is 2.86. The number of esters is 1. The molecule has 0 spiro atoms. The molecule has 1 amide bonds. The highest BCUT2D eigenvalue weighted by atomic mass is 79.9. The second-order valence-electron chi connectivity index (χ2n) is 6.07. The molecular formula is C17H25BrN2O5S. The van der Waals surface area contributed by atoms with Crippen LogP contribution < -0.4 is 10.0 Å². The maximum Gasteiger partial charge on any atom is 0.339 e. The predicted octanol–water partition coefficient (Wildman–Crippen LogP) is 2.60. The van der Waals surface area contributed by atoms with E-state index in [1.54, 1.807) is 13.8 Å². The summed E-state index contributed by atoms with van der Waals surface area (Å²) in [6.45, 7) is 6.88. The van der Waals surface area contributed by atoms with E-state index in [1.165, 1.54) is 18.2 Å². The fraction of sp³-hybridized carbons (Fsp3) is 0.529. The van der Waals surface area contributed by atoms with Crippen LogP contribution >= 0.6 is 15.9 Å². The first-order valence-corrected chi connectivity index (χ1v) is 10.7. The molecule has 0 bridgehead atoms. The molecule has 146 valence electrons. The Labute approximate surface area is 163 Å². The first-order valence-electron chi connectivity index (χ1n) is 8.39. The molecule has 1 aromatic carbocycles. The minimum Gasteiger partial charge on any atom is -0.452 e. The summed E-state index contributed by atoms with van der Waals surface area (Å²) < 4.78 is 32.3. The molecule has 1 rings (SSSR count). The molecule has 0 aliphatic carbocycles. The van der Waals surface area contributed by atoms with Crippen molar-refractivity contribution in [1.82, 2.24) is 10.0 Å². The third kappa shape index (κ3) is 6.69. The number of halogens is 1. The van der Waals surface area contributed by atoms with Crippen LogP contribution in [0.15, 0.2) is 27.6 Å². The number of sulfonamides is 1. The van der Waals surface area contributed by atoms with Crippen molar-refractivity contribution in [1.29, 1.82) is 0 Å². The van der Waals surface area contributed by atoms with Crippen LogP contribution in [0.5, 0.6) is 0 Å². The quantitative estimate of drug-likeness (QED) is 0.565. The fourth-order valence-corrected chi connectivity index (χ4v) is 3.86. The van der Waals surface area contributed by atoms with Crippen LogP contribution in [0.4, 0.5) is 0 Å². The lowest BCUT2D eigenvalue weighted by molar-refractivity contribution is -0.125. The highest BCUT2D eigenvalue weighted by Gasteiger charge is 2.21. The zero-order valence-electron chi connectivity index (χ0n) is 15.3. The van der Waals surface area contributed by atoms with Crippen LogP contribution in [0.2, 0.25) is 0 Å². The van der Waals surface area contributed by atoms with Gasteiger partial charge in [0.05, 0.1) is 10.5 Å². The third-order valence-electron chi connectivity index (χ3n) is 3.54. The van der Waals surface area contributed by atoms with Gasteiger partial charge in [-0.25, -0.2) is 17.9 Å². The van der Waals surface area contributed by atoms with E-state index in [1.807, 2.05) is 13.8 Å². The number of nitrogens with one attached hydrogen (secondary N) is 2. The van der Waals surface area contributed by atoms with Crippen LogP contribution in [0.3, 0.4) is 0 Å². The molecule has 0 aromatic heterocycles. The summed E-state index contributed by atoms with van der Waals surface area (Å²) in [7, 11) is -3.74. The van der Waals surface area contributed by atoms with Crippen molar-refractivity contribution in [2.24, 2.45) is 0 Å². The maximum atomic E-state index is 12.2. The molecule has 0 atom stereocenters. The number of rotatable bonds is 9. The summed E-state index contributed by atoms with van der Waals surface area (Å²) in [5, 5.41) is 2.76. The number of benzene rings is 1. The van der Waals surface area contributed by atoms with Gasteiger partial charge in [0.2, 0.25) is 10.0 Å². The molecule has 0 radical (unpaired) electrons. The number of ether oxygens (including phenoxy) is 1. The van der Waals surface area contributed by atoms with Crippen molar-refractivity contribution in [3.63, 3.8) is 0 Å². The van der Waals surface area contributed by atoms with Crippen molar-refractivity contribution >= 4 is 37.8 Å². The Bertz CT molecular complexity index is 746. The van der Waals surface area contributed by atoms with Gasteiger partial charge in [-0.1, -0.05) is 13.8 Å². The summed E-state index contributed by atoms with van der Waals surface area (Å²) in [5.41, 5.74) is 0.0342. The van der Waals surface area contributed by atoms with E-state index in [0.717, 1.165) is 12.8 Å².